The minimum absolute atomic E-state index is 0.474. The van der Waals surface area contributed by atoms with Gasteiger partial charge in [0.1, 0.15) is 11.2 Å². The van der Waals surface area contributed by atoms with E-state index in [0.717, 1.165) is 43.3 Å². The summed E-state index contributed by atoms with van der Waals surface area (Å²) in [4.78, 5) is 15.9. The fraction of sp³-hybridized carbons (Fsp3) is 0.0179. The molecule has 9 aromatic carbocycles. The van der Waals surface area contributed by atoms with Crippen LogP contribution in [0.15, 0.2) is 180 Å². The van der Waals surface area contributed by atoms with Gasteiger partial charge in [-0.2, -0.15) is 0 Å². The SMILES string of the molecule is c1ccc(-c2nc(-c3ccc4c(c3)C3(c5ccccc5-c5ccccc53)c3ccccc3-4)nc(-c3cc4oc5c6ccccc6cc6sc7ccc8sc(c3)c4c8c7c65)n2)cc1. The van der Waals surface area contributed by atoms with Gasteiger partial charge in [0.2, 0.25) is 0 Å². The standard InChI is InChI=1S/C56H29N3OS2/c1-2-12-30(13-3-1)53-57-54(32-22-23-38-37-18-8-11-21-41(37)56(42(38)26-32)39-19-9-6-16-35(39)36-17-7-10-20-40(36)56)59-55(58-53)33-27-43-48-46(29-33)61-44-24-25-45-50(49(44)48)51-47(62-45)28-31-14-4-5-15-34(31)52(51)60-43/h1-29H. The number of hydrogen-bond donors (Lipinski definition) is 0. The maximum absolute atomic E-state index is 7.21. The van der Waals surface area contributed by atoms with Crippen LogP contribution in [0.2, 0.25) is 0 Å². The Hall–Kier alpha value is -7.51. The Labute approximate surface area is 362 Å². The van der Waals surface area contributed by atoms with Crippen LogP contribution in [-0.4, -0.2) is 15.0 Å². The Morgan fingerprint density at radius 2 is 0.919 bits per heavy atom. The van der Waals surface area contributed by atoms with E-state index in [2.05, 4.69) is 158 Å². The lowest BCUT2D eigenvalue weighted by Crippen LogP contribution is -2.25. The average molecular weight is 824 g/mol. The zero-order chi connectivity index (χ0) is 40.3. The van der Waals surface area contributed by atoms with Crippen LogP contribution in [0.4, 0.5) is 0 Å². The predicted molar refractivity (Wildman–Crippen MR) is 257 cm³/mol. The molecule has 0 amide bonds. The minimum Gasteiger partial charge on any atom is -0.455 e. The molecule has 0 saturated heterocycles. The number of aromatic nitrogens is 3. The van der Waals surface area contributed by atoms with Crippen molar-refractivity contribution in [3.05, 3.63) is 198 Å². The van der Waals surface area contributed by atoms with Gasteiger partial charge < -0.3 is 4.42 Å². The molecule has 4 aromatic heterocycles. The zero-order valence-corrected chi connectivity index (χ0v) is 34.4. The average Bonchev–Trinajstić information content (AvgIpc) is 4.03. The summed E-state index contributed by atoms with van der Waals surface area (Å²) in [6.45, 7) is 0. The first-order chi connectivity index (χ1) is 30.7. The first-order valence-electron chi connectivity index (χ1n) is 20.9. The number of benzene rings is 9. The van der Waals surface area contributed by atoms with Crippen LogP contribution in [0.5, 0.6) is 0 Å². The Kier molecular flexibility index (Phi) is 6.36. The van der Waals surface area contributed by atoms with Gasteiger partial charge in [0.05, 0.1) is 5.41 Å². The molecule has 0 aliphatic heterocycles. The lowest BCUT2D eigenvalue weighted by Gasteiger charge is -2.30. The van der Waals surface area contributed by atoms with Gasteiger partial charge in [0.25, 0.3) is 0 Å². The second-order valence-corrected chi connectivity index (χ2v) is 18.8. The highest BCUT2D eigenvalue weighted by molar-refractivity contribution is 7.28. The molecule has 286 valence electrons. The van der Waals surface area contributed by atoms with E-state index in [0.29, 0.717) is 17.5 Å². The predicted octanol–water partition coefficient (Wildman–Crippen LogP) is 15.3. The maximum Gasteiger partial charge on any atom is 0.164 e. The third kappa shape index (κ3) is 4.18. The fourth-order valence-electron chi connectivity index (χ4n) is 11.0. The topological polar surface area (TPSA) is 51.8 Å². The van der Waals surface area contributed by atoms with Crippen molar-refractivity contribution in [1.29, 1.82) is 0 Å². The second kappa shape index (κ2) is 11.9. The molecule has 0 bridgehead atoms. The van der Waals surface area contributed by atoms with Crippen molar-refractivity contribution < 1.29 is 4.42 Å². The van der Waals surface area contributed by atoms with Crippen molar-refractivity contribution in [2.75, 3.05) is 0 Å². The summed E-state index contributed by atoms with van der Waals surface area (Å²) in [6.07, 6.45) is 0. The molecular weight excluding hydrogens is 795 g/mol. The van der Waals surface area contributed by atoms with Crippen LogP contribution < -0.4 is 0 Å². The highest BCUT2D eigenvalue weighted by Gasteiger charge is 2.51. The summed E-state index contributed by atoms with van der Waals surface area (Å²) in [5.41, 5.74) is 14.3. The molecule has 62 heavy (non-hydrogen) atoms. The summed E-state index contributed by atoms with van der Waals surface area (Å²) >= 11 is 3.65. The van der Waals surface area contributed by atoms with Crippen molar-refractivity contribution in [2.24, 2.45) is 0 Å². The van der Waals surface area contributed by atoms with Gasteiger partial charge >= 0.3 is 0 Å². The first-order valence-corrected chi connectivity index (χ1v) is 22.6. The van der Waals surface area contributed by atoms with Gasteiger partial charge in [-0.15, -0.1) is 22.7 Å². The summed E-state index contributed by atoms with van der Waals surface area (Å²) in [7, 11) is 0. The summed E-state index contributed by atoms with van der Waals surface area (Å²) in [6, 6.07) is 63.7. The van der Waals surface area contributed by atoms with E-state index in [1.165, 1.54) is 80.2 Å². The molecule has 4 nitrogen and oxygen atoms in total. The number of fused-ring (bicyclic) bond motifs is 12. The van der Waals surface area contributed by atoms with Gasteiger partial charge in [-0.3, -0.25) is 0 Å². The van der Waals surface area contributed by atoms with E-state index >= 15 is 0 Å². The van der Waals surface area contributed by atoms with E-state index in [4.69, 9.17) is 19.4 Å². The van der Waals surface area contributed by atoms with Crippen LogP contribution in [0, 0.1) is 0 Å². The Balaban J connectivity index is 0.997. The largest absolute Gasteiger partial charge is 0.455 e. The maximum atomic E-state index is 7.21. The third-order valence-corrected chi connectivity index (χ3v) is 15.7. The Morgan fingerprint density at radius 3 is 1.61 bits per heavy atom. The van der Waals surface area contributed by atoms with E-state index in [9.17, 15) is 0 Å². The molecule has 1 spiro atoms. The first kappa shape index (κ1) is 33.2. The number of hydrogen-bond acceptors (Lipinski definition) is 6. The monoisotopic (exact) mass is 823 g/mol. The van der Waals surface area contributed by atoms with Crippen molar-refractivity contribution >= 4 is 85.0 Å². The summed E-state index contributed by atoms with van der Waals surface area (Å²) < 4.78 is 12.1. The van der Waals surface area contributed by atoms with Crippen LogP contribution >= 0.6 is 22.7 Å². The quantitative estimate of drug-likeness (QED) is 0.178. The van der Waals surface area contributed by atoms with Crippen LogP contribution in [0.1, 0.15) is 22.3 Å². The van der Waals surface area contributed by atoms with E-state index in [1.807, 2.05) is 29.5 Å². The lowest BCUT2D eigenvalue weighted by molar-refractivity contribution is 0.668. The highest BCUT2D eigenvalue weighted by atomic mass is 32.1. The molecule has 2 aliphatic carbocycles. The molecule has 2 aliphatic rings. The van der Waals surface area contributed by atoms with E-state index in [1.54, 1.807) is 11.3 Å². The molecular formula is C56H29N3OS2. The van der Waals surface area contributed by atoms with Gasteiger partial charge in [0.15, 0.2) is 17.5 Å². The molecule has 4 heterocycles. The van der Waals surface area contributed by atoms with Gasteiger partial charge in [-0.1, -0.05) is 140 Å². The second-order valence-electron chi connectivity index (χ2n) is 16.6. The van der Waals surface area contributed by atoms with Gasteiger partial charge in [-0.05, 0) is 86.3 Å². The number of nitrogens with zero attached hydrogens (tertiary/aromatic N) is 3. The van der Waals surface area contributed by atoms with Gasteiger partial charge in [-0.25, -0.2) is 15.0 Å². The normalized spacial score (nSPS) is 13.6. The number of thiophene rings is 2. The Morgan fingerprint density at radius 1 is 0.371 bits per heavy atom. The van der Waals surface area contributed by atoms with Crippen molar-refractivity contribution in [2.45, 2.75) is 5.41 Å². The molecule has 0 N–H and O–H groups in total. The summed E-state index contributed by atoms with van der Waals surface area (Å²) in [5, 5.41) is 7.20. The molecule has 0 fully saturated rings. The van der Waals surface area contributed by atoms with E-state index in [-0.39, 0.29) is 0 Å². The fourth-order valence-corrected chi connectivity index (χ4v) is 13.3. The third-order valence-electron chi connectivity index (χ3n) is 13.5. The van der Waals surface area contributed by atoms with Gasteiger partial charge in [0, 0.05) is 62.4 Å². The molecule has 6 heteroatoms. The lowest BCUT2D eigenvalue weighted by atomic mass is 9.70. The molecule has 0 unspecified atom stereocenters. The molecule has 13 aromatic rings. The van der Waals surface area contributed by atoms with Crippen molar-refractivity contribution in [3.8, 4) is 56.4 Å². The zero-order valence-electron chi connectivity index (χ0n) is 32.8. The number of rotatable bonds is 3. The van der Waals surface area contributed by atoms with Crippen molar-refractivity contribution in [3.63, 3.8) is 0 Å². The van der Waals surface area contributed by atoms with Crippen molar-refractivity contribution in [1.82, 2.24) is 15.0 Å². The minimum atomic E-state index is -0.474. The smallest absolute Gasteiger partial charge is 0.164 e. The molecule has 0 radical (unpaired) electrons. The van der Waals surface area contributed by atoms with E-state index < -0.39 is 5.41 Å². The van der Waals surface area contributed by atoms with Crippen LogP contribution in [0.25, 0.3) is 119 Å². The van der Waals surface area contributed by atoms with Crippen LogP contribution in [-0.2, 0) is 5.41 Å². The molecule has 0 atom stereocenters. The van der Waals surface area contributed by atoms with Crippen LogP contribution in [0.3, 0.4) is 0 Å². The molecule has 0 saturated carbocycles. The highest BCUT2D eigenvalue weighted by Crippen LogP contribution is 2.63. The summed E-state index contributed by atoms with van der Waals surface area (Å²) in [5.74, 6) is 1.86. The molecule has 15 rings (SSSR count). The Bertz CT molecular complexity index is 4000.